The first-order chi connectivity index (χ1) is 5.79. The van der Waals surface area contributed by atoms with Gasteiger partial charge in [-0.05, 0) is 0 Å². The Bertz CT molecular complexity index is 122. The Morgan fingerprint density at radius 1 is 1.17 bits per heavy atom. The van der Waals surface area contributed by atoms with Crippen LogP contribution in [-0.4, -0.2) is 38.6 Å². The minimum atomic E-state index is -0.319. The molecule has 0 heterocycles. The molecule has 0 aliphatic heterocycles. The molecule has 0 aromatic rings. The number of nitrogens with zero attached hydrogens (tertiary/aromatic N) is 1. The maximum Gasteiger partial charge on any atom is 0.218 e. The molecule has 0 atom stereocenters. The quantitative estimate of drug-likeness (QED) is 0.425. The van der Waals surface area contributed by atoms with Gasteiger partial charge in [0.25, 0.3) is 0 Å². The van der Waals surface area contributed by atoms with Crippen LogP contribution in [-0.2, 0) is 9.47 Å². The molecular formula is C9H17NO2. The molecule has 0 saturated heterocycles. The molecule has 0 fully saturated rings. The summed E-state index contributed by atoms with van der Waals surface area (Å²) in [6.45, 7) is 8.73. The summed E-state index contributed by atoms with van der Waals surface area (Å²) in [5.74, 6) is 0. The molecule has 0 radical (unpaired) electrons. The van der Waals surface area contributed by atoms with Gasteiger partial charge in [0.15, 0.2) is 0 Å². The predicted octanol–water partition coefficient (Wildman–Crippen LogP) is 1.24. The summed E-state index contributed by atoms with van der Waals surface area (Å²) < 4.78 is 10.1. The number of hydrogen-bond acceptors (Lipinski definition) is 3. The van der Waals surface area contributed by atoms with Crippen molar-refractivity contribution in [3.63, 3.8) is 0 Å². The molecule has 0 aliphatic rings. The van der Waals surface area contributed by atoms with Gasteiger partial charge in [-0.3, -0.25) is 0 Å². The lowest BCUT2D eigenvalue weighted by Gasteiger charge is -2.26. The SMILES string of the molecule is C=CCN(CC=C)C(OC)OC. The summed E-state index contributed by atoms with van der Waals surface area (Å²) in [7, 11) is 3.21. The van der Waals surface area contributed by atoms with Crippen molar-refractivity contribution in [2.24, 2.45) is 0 Å². The molecular weight excluding hydrogens is 154 g/mol. The van der Waals surface area contributed by atoms with Gasteiger partial charge in [0.1, 0.15) is 0 Å². The van der Waals surface area contributed by atoms with E-state index in [1.165, 1.54) is 0 Å². The zero-order chi connectivity index (χ0) is 9.40. The standard InChI is InChI=1S/C9H17NO2/c1-5-7-10(8-6-2)9(11-3)12-4/h5-6,9H,1-2,7-8H2,3-4H3. The Balaban J connectivity index is 4.02. The van der Waals surface area contributed by atoms with Crippen molar-refractivity contribution in [1.82, 2.24) is 4.90 Å². The minimum Gasteiger partial charge on any atom is -0.343 e. The largest absolute Gasteiger partial charge is 0.343 e. The molecule has 0 unspecified atom stereocenters. The smallest absolute Gasteiger partial charge is 0.218 e. The van der Waals surface area contributed by atoms with Gasteiger partial charge in [0.05, 0.1) is 0 Å². The third kappa shape index (κ3) is 3.67. The Hall–Kier alpha value is -0.640. The molecule has 12 heavy (non-hydrogen) atoms. The minimum absolute atomic E-state index is 0.319. The fourth-order valence-electron chi connectivity index (χ4n) is 0.973. The Morgan fingerprint density at radius 3 is 1.83 bits per heavy atom. The molecule has 0 aromatic carbocycles. The molecule has 70 valence electrons. The second-order valence-corrected chi connectivity index (χ2v) is 2.31. The van der Waals surface area contributed by atoms with Gasteiger partial charge in [-0.2, -0.15) is 0 Å². The first kappa shape index (κ1) is 11.4. The zero-order valence-electron chi connectivity index (χ0n) is 7.82. The molecule has 0 spiro atoms. The Morgan fingerprint density at radius 2 is 1.58 bits per heavy atom. The third-order valence-corrected chi connectivity index (χ3v) is 1.43. The van der Waals surface area contributed by atoms with Crippen molar-refractivity contribution in [3.05, 3.63) is 25.3 Å². The Kier molecular flexibility index (Phi) is 6.66. The van der Waals surface area contributed by atoms with Gasteiger partial charge >= 0.3 is 0 Å². The van der Waals surface area contributed by atoms with Crippen LogP contribution in [0.25, 0.3) is 0 Å². The highest BCUT2D eigenvalue weighted by Gasteiger charge is 2.13. The van der Waals surface area contributed by atoms with Crippen LogP contribution in [0.2, 0.25) is 0 Å². The van der Waals surface area contributed by atoms with Crippen LogP contribution >= 0.6 is 0 Å². The van der Waals surface area contributed by atoms with E-state index in [1.54, 1.807) is 26.4 Å². The average Bonchev–Trinajstić information content (AvgIpc) is 2.07. The highest BCUT2D eigenvalue weighted by Crippen LogP contribution is 2.00. The number of methoxy groups -OCH3 is 2. The van der Waals surface area contributed by atoms with E-state index in [0.29, 0.717) is 0 Å². The van der Waals surface area contributed by atoms with Crippen LogP contribution in [0.1, 0.15) is 0 Å². The first-order valence-electron chi connectivity index (χ1n) is 3.81. The number of rotatable bonds is 7. The van der Waals surface area contributed by atoms with Crippen molar-refractivity contribution in [2.45, 2.75) is 6.41 Å². The maximum absolute atomic E-state index is 5.07. The monoisotopic (exact) mass is 171 g/mol. The van der Waals surface area contributed by atoms with E-state index in [2.05, 4.69) is 13.2 Å². The van der Waals surface area contributed by atoms with Crippen LogP contribution in [0.4, 0.5) is 0 Å². The summed E-state index contributed by atoms with van der Waals surface area (Å²) in [5.41, 5.74) is 0. The van der Waals surface area contributed by atoms with Crippen molar-refractivity contribution < 1.29 is 9.47 Å². The van der Waals surface area contributed by atoms with E-state index in [9.17, 15) is 0 Å². The van der Waals surface area contributed by atoms with Crippen molar-refractivity contribution in [1.29, 1.82) is 0 Å². The summed E-state index contributed by atoms with van der Waals surface area (Å²) in [6.07, 6.45) is 3.28. The fourth-order valence-corrected chi connectivity index (χ4v) is 0.973. The lowest BCUT2D eigenvalue weighted by Crippen LogP contribution is -2.38. The van der Waals surface area contributed by atoms with Crippen molar-refractivity contribution in [3.8, 4) is 0 Å². The van der Waals surface area contributed by atoms with E-state index < -0.39 is 0 Å². The molecule has 0 aromatic heterocycles. The molecule has 0 saturated carbocycles. The molecule has 0 aliphatic carbocycles. The van der Waals surface area contributed by atoms with Gasteiger partial charge in [-0.1, -0.05) is 12.2 Å². The van der Waals surface area contributed by atoms with Crippen LogP contribution in [0, 0.1) is 0 Å². The normalized spacial score (nSPS) is 10.7. The zero-order valence-corrected chi connectivity index (χ0v) is 7.82. The molecule has 0 amide bonds. The summed E-state index contributed by atoms with van der Waals surface area (Å²) in [6, 6.07) is 0. The molecule has 3 nitrogen and oxygen atoms in total. The molecule has 0 rings (SSSR count). The molecule has 0 bridgehead atoms. The van der Waals surface area contributed by atoms with Gasteiger partial charge in [0, 0.05) is 27.3 Å². The highest BCUT2D eigenvalue weighted by atomic mass is 16.7. The van der Waals surface area contributed by atoms with Crippen molar-refractivity contribution >= 4 is 0 Å². The van der Waals surface area contributed by atoms with Crippen LogP contribution in [0.3, 0.4) is 0 Å². The second-order valence-electron chi connectivity index (χ2n) is 2.31. The van der Waals surface area contributed by atoms with E-state index in [0.717, 1.165) is 13.1 Å². The van der Waals surface area contributed by atoms with E-state index in [4.69, 9.17) is 9.47 Å². The van der Waals surface area contributed by atoms with Gasteiger partial charge in [0.2, 0.25) is 6.41 Å². The van der Waals surface area contributed by atoms with E-state index >= 15 is 0 Å². The Labute approximate surface area is 74.3 Å². The third-order valence-electron chi connectivity index (χ3n) is 1.43. The van der Waals surface area contributed by atoms with Gasteiger partial charge < -0.3 is 9.47 Å². The topological polar surface area (TPSA) is 21.7 Å². The van der Waals surface area contributed by atoms with Crippen molar-refractivity contribution in [2.75, 3.05) is 27.3 Å². The van der Waals surface area contributed by atoms with E-state index in [1.807, 2.05) is 4.90 Å². The van der Waals surface area contributed by atoms with Gasteiger partial charge in [-0.25, -0.2) is 4.90 Å². The number of ether oxygens (including phenoxy) is 2. The first-order valence-corrected chi connectivity index (χ1v) is 3.81. The second kappa shape index (κ2) is 7.03. The molecule has 0 N–H and O–H groups in total. The lowest BCUT2D eigenvalue weighted by atomic mass is 10.5. The fraction of sp³-hybridized carbons (Fsp3) is 0.556. The highest BCUT2D eigenvalue weighted by molar-refractivity contribution is 4.79. The number of hydrogen-bond donors (Lipinski definition) is 0. The van der Waals surface area contributed by atoms with E-state index in [-0.39, 0.29) is 6.41 Å². The van der Waals surface area contributed by atoms with Crippen LogP contribution in [0.5, 0.6) is 0 Å². The lowest BCUT2D eigenvalue weighted by molar-refractivity contribution is -0.189. The molecule has 3 heteroatoms. The summed E-state index contributed by atoms with van der Waals surface area (Å²) in [4.78, 5) is 1.96. The summed E-state index contributed by atoms with van der Waals surface area (Å²) in [5, 5.41) is 0. The van der Waals surface area contributed by atoms with Gasteiger partial charge in [-0.15, -0.1) is 13.2 Å². The maximum atomic E-state index is 5.07. The van der Waals surface area contributed by atoms with Crippen LogP contribution < -0.4 is 0 Å². The van der Waals surface area contributed by atoms with Crippen LogP contribution in [0.15, 0.2) is 25.3 Å². The summed E-state index contributed by atoms with van der Waals surface area (Å²) >= 11 is 0. The average molecular weight is 171 g/mol. The predicted molar refractivity (Wildman–Crippen MR) is 49.8 cm³/mol.